The van der Waals surface area contributed by atoms with Gasteiger partial charge >= 0.3 is 0 Å². The number of phenols is 1. The van der Waals surface area contributed by atoms with Gasteiger partial charge in [-0.2, -0.15) is 4.98 Å². The van der Waals surface area contributed by atoms with Crippen LogP contribution in [0.25, 0.3) is 32.8 Å². The fourth-order valence-electron chi connectivity index (χ4n) is 8.26. The van der Waals surface area contributed by atoms with Crippen molar-refractivity contribution in [3.05, 3.63) is 95.8 Å². The molecule has 1 atom stereocenters. The number of nitrogens with zero attached hydrogens (tertiary/aromatic N) is 4. The Morgan fingerprint density at radius 1 is 0.864 bits per heavy atom. The minimum absolute atomic E-state index is 0.0258. The maximum atomic E-state index is 16.7. The van der Waals surface area contributed by atoms with Crippen LogP contribution in [0.4, 0.5) is 21.8 Å². The number of nitrogens with one attached hydrogen (secondary N) is 4. The highest BCUT2D eigenvalue weighted by atomic mass is 35.5. The molecule has 2 saturated heterocycles. The lowest BCUT2D eigenvalue weighted by atomic mass is 9.96. The topological polar surface area (TPSA) is 152 Å². The number of piperidine rings is 1. The summed E-state index contributed by atoms with van der Waals surface area (Å²) in [5.41, 5.74) is 3.29. The van der Waals surface area contributed by atoms with Gasteiger partial charge in [0.15, 0.2) is 5.82 Å². The standard InChI is InChI=1S/C43H46ClFN8O4.C2H4/c44-33-24-31-39(38(45)37(33)30-23-27(54)22-26-10-5-6-11-28(26)30)50-43(51-40(31)52-20-18-46-19-21-52)48-17-8-4-2-1-3-7-16-47-34-13-9-12-29-32(34)25-53(42(29)57)35-14-15-36(55)49-41(35)56;1-2/h5-6,9-13,22-24,35,46-47,54H,1-4,7-8,14-21,25H2,(H,48,50,51)(H,49,55,56);1-2H2. The maximum Gasteiger partial charge on any atom is 0.255 e. The number of aromatic nitrogens is 2. The second-order valence-corrected chi connectivity index (χ2v) is 15.4. The van der Waals surface area contributed by atoms with Crippen LogP contribution < -0.4 is 26.2 Å². The van der Waals surface area contributed by atoms with E-state index in [4.69, 9.17) is 21.6 Å². The summed E-state index contributed by atoms with van der Waals surface area (Å²) in [6.07, 6.45) is 6.66. The number of carbonyl (C=O) groups is 3. The number of benzene rings is 4. The van der Waals surface area contributed by atoms with E-state index < -0.39 is 17.8 Å². The number of imide groups is 1. The summed E-state index contributed by atoms with van der Waals surface area (Å²) in [5, 5.41) is 25.4. The van der Waals surface area contributed by atoms with Gasteiger partial charge in [0.05, 0.1) is 5.02 Å². The zero-order valence-electron chi connectivity index (χ0n) is 33.1. The largest absolute Gasteiger partial charge is 0.508 e. The average molecular weight is 821 g/mol. The van der Waals surface area contributed by atoms with Crippen LogP contribution in [-0.4, -0.2) is 83.0 Å². The van der Waals surface area contributed by atoms with Crippen LogP contribution in [0.1, 0.15) is 67.3 Å². The van der Waals surface area contributed by atoms with Gasteiger partial charge in [-0.25, -0.2) is 9.37 Å². The molecule has 1 unspecified atom stereocenters. The number of amides is 3. The van der Waals surface area contributed by atoms with Crippen molar-refractivity contribution >= 4 is 68.5 Å². The van der Waals surface area contributed by atoms with Gasteiger partial charge in [-0.3, -0.25) is 19.7 Å². The molecule has 14 heteroatoms. The summed E-state index contributed by atoms with van der Waals surface area (Å²) in [6, 6.07) is 17.5. The number of phenolic OH excluding ortho intramolecular Hbond substituents is 1. The second kappa shape index (κ2) is 18.9. The van der Waals surface area contributed by atoms with E-state index in [2.05, 4.69) is 39.3 Å². The molecule has 5 N–H and O–H groups in total. The first-order valence-electron chi connectivity index (χ1n) is 20.4. The summed E-state index contributed by atoms with van der Waals surface area (Å²) in [7, 11) is 0. The predicted molar refractivity (Wildman–Crippen MR) is 233 cm³/mol. The van der Waals surface area contributed by atoms with Crippen LogP contribution in [0.2, 0.25) is 5.02 Å². The number of rotatable bonds is 14. The van der Waals surface area contributed by atoms with E-state index in [-0.39, 0.29) is 40.1 Å². The van der Waals surface area contributed by atoms with E-state index in [9.17, 15) is 19.5 Å². The van der Waals surface area contributed by atoms with Gasteiger partial charge in [0, 0.05) is 80.0 Å². The van der Waals surface area contributed by atoms with Crippen molar-refractivity contribution in [2.24, 2.45) is 0 Å². The molecule has 1 aromatic heterocycles. The molecule has 0 aliphatic carbocycles. The first-order chi connectivity index (χ1) is 28.8. The molecule has 0 spiro atoms. The number of halogens is 2. The van der Waals surface area contributed by atoms with E-state index in [1.54, 1.807) is 29.2 Å². The zero-order chi connectivity index (χ0) is 41.5. The van der Waals surface area contributed by atoms with Gasteiger partial charge in [0.2, 0.25) is 17.8 Å². The molecule has 0 radical (unpaired) electrons. The van der Waals surface area contributed by atoms with Gasteiger partial charge < -0.3 is 30.9 Å². The van der Waals surface area contributed by atoms with Gasteiger partial charge in [-0.05, 0) is 65.9 Å². The van der Waals surface area contributed by atoms with Crippen LogP contribution in [0.3, 0.4) is 0 Å². The Kier molecular flexibility index (Phi) is 13.2. The van der Waals surface area contributed by atoms with Crippen molar-refractivity contribution in [3.8, 4) is 16.9 Å². The molecule has 5 aromatic rings. The monoisotopic (exact) mass is 820 g/mol. The van der Waals surface area contributed by atoms with Crippen molar-refractivity contribution < 1.29 is 23.9 Å². The predicted octanol–water partition coefficient (Wildman–Crippen LogP) is 7.79. The third-order valence-corrected chi connectivity index (χ3v) is 11.5. The fourth-order valence-corrected chi connectivity index (χ4v) is 8.55. The average Bonchev–Trinajstić information content (AvgIpc) is 3.58. The summed E-state index contributed by atoms with van der Waals surface area (Å²) >= 11 is 6.85. The number of fused-ring (bicyclic) bond motifs is 3. The Hall–Kier alpha value is -5.79. The van der Waals surface area contributed by atoms with E-state index in [1.165, 1.54) is 0 Å². The molecule has 3 amide bonds. The summed E-state index contributed by atoms with van der Waals surface area (Å²) in [4.78, 5) is 50.5. The van der Waals surface area contributed by atoms with Crippen LogP contribution in [0, 0.1) is 5.82 Å². The lowest BCUT2D eigenvalue weighted by Crippen LogP contribution is -2.52. The minimum atomic E-state index is -0.630. The summed E-state index contributed by atoms with van der Waals surface area (Å²) in [5.74, 6) is -0.392. The molecule has 4 heterocycles. The molecule has 308 valence electrons. The Labute approximate surface area is 348 Å². The van der Waals surface area contributed by atoms with Crippen molar-refractivity contribution in [1.29, 1.82) is 0 Å². The molecule has 4 aromatic carbocycles. The van der Waals surface area contributed by atoms with Crippen LogP contribution in [-0.2, 0) is 16.1 Å². The molecular formula is C45H50ClFN8O4. The third kappa shape index (κ3) is 8.96. The lowest BCUT2D eigenvalue weighted by molar-refractivity contribution is -0.136. The molecule has 3 aliphatic rings. The van der Waals surface area contributed by atoms with Crippen molar-refractivity contribution in [2.75, 3.05) is 54.8 Å². The number of anilines is 3. The number of piperazine rings is 1. The minimum Gasteiger partial charge on any atom is -0.508 e. The Balaban J connectivity index is 0.00000260. The molecule has 0 saturated carbocycles. The van der Waals surface area contributed by atoms with Crippen molar-refractivity contribution in [2.45, 2.75) is 64.0 Å². The first-order valence-corrected chi connectivity index (χ1v) is 20.8. The van der Waals surface area contributed by atoms with E-state index in [1.807, 2.05) is 36.4 Å². The van der Waals surface area contributed by atoms with E-state index in [0.717, 1.165) is 93.3 Å². The van der Waals surface area contributed by atoms with Crippen LogP contribution in [0.5, 0.6) is 5.75 Å². The molecule has 3 aliphatic heterocycles. The fraction of sp³-hybridized carbons (Fsp3) is 0.356. The first kappa shape index (κ1) is 41.4. The van der Waals surface area contributed by atoms with Gasteiger partial charge in [-0.1, -0.05) is 67.6 Å². The van der Waals surface area contributed by atoms with E-state index >= 15 is 4.39 Å². The summed E-state index contributed by atoms with van der Waals surface area (Å²) < 4.78 is 16.7. The van der Waals surface area contributed by atoms with Crippen molar-refractivity contribution in [1.82, 2.24) is 25.5 Å². The van der Waals surface area contributed by atoms with Gasteiger partial charge in [0.1, 0.15) is 23.1 Å². The molecular weight excluding hydrogens is 771 g/mol. The summed E-state index contributed by atoms with van der Waals surface area (Å²) in [6.45, 7) is 10.8. The Morgan fingerprint density at radius 3 is 2.36 bits per heavy atom. The quantitative estimate of drug-likeness (QED) is 0.0427. The second-order valence-electron chi connectivity index (χ2n) is 15.0. The Bertz CT molecular complexity index is 2370. The maximum absolute atomic E-state index is 16.7. The lowest BCUT2D eigenvalue weighted by Gasteiger charge is -2.29. The van der Waals surface area contributed by atoms with Crippen molar-refractivity contribution in [3.63, 3.8) is 0 Å². The number of carbonyl (C=O) groups excluding carboxylic acids is 3. The smallest absolute Gasteiger partial charge is 0.255 e. The highest BCUT2D eigenvalue weighted by molar-refractivity contribution is 6.35. The molecule has 59 heavy (non-hydrogen) atoms. The third-order valence-electron chi connectivity index (χ3n) is 11.2. The van der Waals surface area contributed by atoms with Gasteiger partial charge in [0.25, 0.3) is 5.91 Å². The van der Waals surface area contributed by atoms with E-state index in [0.29, 0.717) is 47.8 Å². The Morgan fingerprint density at radius 2 is 1.59 bits per heavy atom. The number of hydrogen-bond acceptors (Lipinski definition) is 10. The van der Waals surface area contributed by atoms with Crippen LogP contribution in [0.15, 0.2) is 73.8 Å². The van der Waals surface area contributed by atoms with Crippen LogP contribution >= 0.6 is 11.6 Å². The highest BCUT2D eigenvalue weighted by Gasteiger charge is 2.39. The molecule has 2 fully saturated rings. The molecule has 12 nitrogen and oxygen atoms in total. The highest BCUT2D eigenvalue weighted by Crippen LogP contribution is 2.42. The number of aromatic hydroxyl groups is 1. The molecule has 8 rings (SSSR count). The van der Waals surface area contributed by atoms with Gasteiger partial charge in [-0.15, -0.1) is 13.2 Å². The SMILES string of the molecule is C=C.O=C1CCC(N2Cc3c(NCCCCCCCCNc4nc(N5CCNCC5)c5cc(Cl)c(-c6cc(O)cc7ccccc67)c(F)c5n4)cccc3C2=O)C(=O)N1. The number of hydrogen-bond donors (Lipinski definition) is 5. The molecule has 0 bridgehead atoms. The zero-order valence-corrected chi connectivity index (χ0v) is 33.8. The normalized spacial score (nSPS) is 16.5. The number of unbranched alkanes of at least 4 members (excludes halogenated alkanes) is 5.